The van der Waals surface area contributed by atoms with Gasteiger partial charge in [0.2, 0.25) is 0 Å². The fourth-order valence-corrected chi connectivity index (χ4v) is 0.541. The van der Waals surface area contributed by atoms with Crippen molar-refractivity contribution in [2.24, 2.45) is 0 Å². The Morgan fingerprint density at radius 1 is 1.40 bits per heavy atom. The molecule has 54 valence electrons. The molecule has 0 saturated heterocycles. The van der Waals surface area contributed by atoms with Crippen molar-refractivity contribution in [1.29, 1.82) is 0 Å². The molecule has 0 N–H and O–H groups in total. The van der Waals surface area contributed by atoms with Gasteiger partial charge in [-0.2, -0.15) is 0 Å². The van der Waals surface area contributed by atoms with E-state index >= 15 is 0 Å². The van der Waals surface area contributed by atoms with Crippen LogP contribution in [0.25, 0.3) is 0 Å². The van der Waals surface area contributed by atoms with Crippen molar-refractivity contribution in [3.63, 3.8) is 0 Å². The van der Waals surface area contributed by atoms with E-state index in [9.17, 15) is 4.39 Å². The molecule has 0 aliphatic heterocycles. The SMILES string of the molecule is C=C/C=C(C=C)/C=C(/C)F. The maximum absolute atomic E-state index is 12.2. The van der Waals surface area contributed by atoms with E-state index in [1.807, 2.05) is 0 Å². The zero-order chi connectivity index (χ0) is 7.98. The normalized spacial score (nSPS) is 13.0. The monoisotopic (exact) mass is 138 g/mol. The van der Waals surface area contributed by atoms with Gasteiger partial charge in [-0.1, -0.05) is 31.4 Å². The van der Waals surface area contributed by atoms with Crippen molar-refractivity contribution in [3.8, 4) is 0 Å². The number of halogens is 1. The summed E-state index contributed by atoms with van der Waals surface area (Å²) in [4.78, 5) is 0. The van der Waals surface area contributed by atoms with Crippen LogP contribution < -0.4 is 0 Å². The van der Waals surface area contributed by atoms with Crippen LogP contribution in [0.2, 0.25) is 0 Å². The lowest BCUT2D eigenvalue weighted by Crippen LogP contribution is -1.69. The Balaban J connectivity index is 4.37. The molecule has 0 unspecified atom stereocenters. The molecule has 0 aromatic heterocycles. The molecule has 10 heavy (non-hydrogen) atoms. The lowest BCUT2D eigenvalue weighted by molar-refractivity contribution is 0.640. The fraction of sp³-hybridized carbons (Fsp3) is 0.111. The molecule has 0 aromatic carbocycles. The Labute approximate surface area is 61.1 Å². The van der Waals surface area contributed by atoms with Gasteiger partial charge in [0.25, 0.3) is 0 Å². The zero-order valence-corrected chi connectivity index (χ0v) is 6.10. The van der Waals surface area contributed by atoms with Gasteiger partial charge in [-0.15, -0.1) is 0 Å². The van der Waals surface area contributed by atoms with Crippen molar-refractivity contribution in [2.45, 2.75) is 6.92 Å². The van der Waals surface area contributed by atoms with Crippen LogP contribution in [-0.4, -0.2) is 0 Å². The van der Waals surface area contributed by atoms with Gasteiger partial charge in [0.15, 0.2) is 0 Å². The Hall–Kier alpha value is -1.11. The molecular weight excluding hydrogens is 127 g/mol. The smallest absolute Gasteiger partial charge is 0.0974 e. The van der Waals surface area contributed by atoms with E-state index in [1.54, 1.807) is 18.2 Å². The van der Waals surface area contributed by atoms with Crippen molar-refractivity contribution in [3.05, 3.63) is 48.9 Å². The zero-order valence-electron chi connectivity index (χ0n) is 6.10. The second-order valence-corrected chi connectivity index (χ2v) is 1.84. The third-order valence-electron chi connectivity index (χ3n) is 0.912. The first kappa shape index (κ1) is 8.89. The fourth-order valence-electron chi connectivity index (χ4n) is 0.541. The summed E-state index contributed by atoms with van der Waals surface area (Å²) in [5.74, 6) is -0.229. The molecule has 0 spiro atoms. The number of rotatable bonds is 3. The van der Waals surface area contributed by atoms with E-state index in [0.29, 0.717) is 0 Å². The topological polar surface area (TPSA) is 0 Å². The molecule has 0 aliphatic rings. The lowest BCUT2D eigenvalue weighted by atomic mass is 10.2. The molecule has 0 radical (unpaired) electrons. The van der Waals surface area contributed by atoms with Crippen LogP contribution in [0.4, 0.5) is 4.39 Å². The van der Waals surface area contributed by atoms with Gasteiger partial charge in [0, 0.05) is 0 Å². The minimum Gasteiger partial charge on any atom is -0.212 e. The Morgan fingerprint density at radius 3 is 2.30 bits per heavy atom. The number of hydrogen-bond acceptors (Lipinski definition) is 0. The first-order valence-corrected chi connectivity index (χ1v) is 2.99. The molecule has 0 amide bonds. The molecule has 1 heteroatoms. The van der Waals surface area contributed by atoms with Gasteiger partial charge in [-0.3, -0.25) is 0 Å². The van der Waals surface area contributed by atoms with Gasteiger partial charge in [0.05, 0.1) is 5.83 Å². The number of allylic oxidation sites excluding steroid dienone is 6. The summed E-state index contributed by atoms with van der Waals surface area (Å²) in [5, 5.41) is 0. The van der Waals surface area contributed by atoms with Crippen LogP contribution in [0.15, 0.2) is 48.9 Å². The van der Waals surface area contributed by atoms with Crippen molar-refractivity contribution in [1.82, 2.24) is 0 Å². The van der Waals surface area contributed by atoms with Crippen LogP contribution >= 0.6 is 0 Å². The maximum atomic E-state index is 12.2. The highest BCUT2D eigenvalue weighted by molar-refractivity contribution is 5.32. The van der Waals surface area contributed by atoms with Crippen LogP contribution in [0.3, 0.4) is 0 Å². The predicted octanol–water partition coefficient (Wildman–Crippen LogP) is 3.16. The van der Waals surface area contributed by atoms with Gasteiger partial charge in [-0.05, 0) is 18.6 Å². The summed E-state index contributed by atoms with van der Waals surface area (Å²) in [6.07, 6.45) is 6.26. The average Bonchev–Trinajstić information content (AvgIpc) is 1.86. The Morgan fingerprint density at radius 2 is 2.00 bits per heavy atom. The summed E-state index contributed by atoms with van der Waals surface area (Å²) in [6.45, 7) is 8.37. The predicted molar refractivity (Wildman–Crippen MR) is 43.3 cm³/mol. The molecule has 0 fully saturated rings. The van der Waals surface area contributed by atoms with Crippen LogP contribution in [0.1, 0.15) is 6.92 Å². The summed E-state index contributed by atoms with van der Waals surface area (Å²) in [6, 6.07) is 0. The lowest BCUT2D eigenvalue weighted by Gasteiger charge is -1.88. The maximum Gasteiger partial charge on any atom is 0.0974 e. The standard InChI is InChI=1S/C9H11F/c1-4-6-9(5-2)7-8(3)10/h4-7H,1-2H2,3H3/b8-7-,9-6+. The van der Waals surface area contributed by atoms with Gasteiger partial charge < -0.3 is 0 Å². The van der Waals surface area contributed by atoms with E-state index in [-0.39, 0.29) is 5.83 Å². The third kappa shape index (κ3) is 3.84. The average molecular weight is 138 g/mol. The molecule has 0 aliphatic carbocycles. The summed E-state index contributed by atoms with van der Waals surface area (Å²) >= 11 is 0. The first-order valence-electron chi connectivity index (χ1n) is 2.99. The van der Waals surface area contributed by atoms with Crippen molar-refractivity contribution >= 4 is 0 Å². The highest BCUT2D eigenvalue weighted by Gasteiger charge is 1.84. The molecule has 0 atom stereocenters. The van der Waals surface area contributed by atoms with Gasteiger partial charge >= 0.3 is 0 Å². The second-order valence-electron chi connectivity index (χ2n) is 1.84. The minimum atomic E-state index is -0.229. The van der Waals surface area contributed by atoms with Gasteiger partial charge in [-0.25, -0.2) is 4.39 Å². The van der Waals surface area contributed by atoms with Gasteiger partial charge in [0.1, 0.15) is 0 Å². The largest absolute Gasteiger partial charge is 0.212 e. The number of hydrogen-bond donors (Lipinski definition) is 0. The van der Waals surface area contributed by atoms with E-state index in [4.69, 9.17) is 0 Å². The molecular formula is C9H11F. The van der Waals surface area contributed by atoms with E-state index in [2.05, 4.69) is 13.2 Å². The summed E-state index contributed by atoms with van der Waals surface area (Å²) in [5.41, 5.74) is 0.731. The first-order chi connectivity index (χ1) is 4.70. The van der Waals surface area contributed by atoms with Crippen molar-refractivity contribution in [2.75, 3.05) is 0 Å². The quantitative estimate of drug-likeness (QED) is 0.525. The van der Waals surface area contributed by atoms with Crippen LogP contribution in [-0.2, 0) is 0 Å². The van der Waals surface area contributed by atoms with Crippen LogP contribution in [0, 0.1) is 0 Å². The van der Waals surface area contributed by atoms with E-state index in [0.717, 1.165) is 5.57 Å². The molecule has 0 saturated carbocycles. The summed E-state index contributed by atoms with van der Waals surface area (Å²) in [7, 11) is 0. The van der Waals surface area contributed by atoms with E-state index < -0.39 is 0 Å². The highest BCUT2D eigenvalue weighted by Crippen LogP contribution is 2.03. The third-order valence-corrected chi connectivity index (χ3v) is 0.912. The highest BCUT2D eigenvalue weighted by atomic mass is 19.1. The Bertz CT molecular complexity index is 181. The van der Waals surface area contributed by atoms with E-state index in [1.165, 1.54) is 13.0 Å². The molecule has 0 heterocycles. The second kappa shape index (κ2) is 4.74. The molecule has 0 bridgehead atoms. The molecule has 0 aromatic rings. The minimum absolute atomic E-state index is 0.229. The molecule has 0 rings (SSSR count). The summed E-state index contributed by atoms with van der Waals surface area (Å²) < 4.78 is 12.2. The Kier molecular flexibility index (Phi) is 4.21. The molecule has 0 nitrogen and oxygen atoms in total. The van der Waals surface area contributed by atoms with Crippen molar-refractivity contribution < 1.29 is 4.39 Å². The van der Waals surface area contributed by atoms with Crippen LogP contribution in [0.5, 0.6) is 0 Å².